The van der Waals surface area contributed by atoms with Crippen molar-refractivity contribution in [3.8, 4) is 0 Å². The van der Waals surface area contributed by atoms with Crippen LogP contribution in [0.25, 0.3) is 0 Å². The van der Waals surface area contributed by atoms with Crippen molar-refractivity contribution in [3.63, 3.8) is 0 Å². The van der Waals surface area contributed by atoms with Crippen molar-refractivity contribution >= 4 is 9.52 Å². The molecule has 86 valence electrons. The van der Waals surface area contributed by atoms with Crippen molar-refractivity contribution in [2.45, 2.75) is 44.4 Å². The van der Waals surface area contributed by atoms with Crippen molar-refractivity contribution in [2.75, 3.05) is 28.2 Å². The molecule has 0 heterocycles. The summed E-state index contributed by atoms with van der Waals surface area (Å²) in [6, 6.07) is 0. The summed E-state index contributed by atoms with van der Waals surface area (Å²) < 4.78 is 0. The molecule has 0 saturated heterocycles. The van der Waals surface area contributed by atoms with E-state index in [-0.39, 0.29) is 9.52 Å². The van der Waals surface area contributed by atoms with E-state index in [1.54, 1.807) is 0 Å². The molecule has 0 bridgehead atoms. The lowest BCUT2D eigenvalue weighted by Gasteiger charge is -2.43. The Morgan fingerprint density at radius 3 is 1.50 bits per heavy atom. The summed E-state index contributed by atoms with van der Waals surface area (Å²) in [7, 11) is 8.68. The van der Waals surface area contributed by atoms with Crippen LogP contribution in [0.2, 0.25) is 10.6 Å². The van der Waals surface area contributed by atoms with E-state index in [1.165, 1.54) is 0 Å². The average Bonchev–Trinajstić information content (AvgIpc) is 1.77. The Hall–Kier alpha value is 0.137. The fraction of sp³-hybridized carbons (Fsp3) is 1.00. The van der Waals surface area contributed by atoms with Crippen LogP contribution in [0.15, 0.2) is 0 Å². The van der Waals surface area contributed by atoms with E-state index in [1.807, 2.05) is 0 Å². The Morgan fingerprint density at radius 2 is 1.29 bits per heavy atom. The Bertz CT molecular complexity index is 157. The van der Waals surface area contributed by atoms with Crippen molar-refractivity contribution in [3.05, 3.63) is 0 Å². The molecule has 0 aliphatic rings. The number of nitrogens with zero attached hydrogens (tertiary/aromatic N) is 2. The third-order valence-electron chi connectivity index (χ3n) is 2.61. The minimum atomic E-state index is -0.0423. The third-order valence-corrected chi connectivity index (χ3v) is 4.85. The summed E-state index contributed by atoms with van der Waals surface area (Å²) in [6.07, 6.45) is 0.566. The molecule has 0 aliphatic heterocycles. The Morgan fingerprint density at radius 1 is 0.929 bits per heavy atom. The third kappa shape index (κ3) is 4.11. The zero-order chi connectivity index (χ0) is 11.5. The van der Waals surface area contributed by atoms with Gasteiger partial charge in [-0.15, -0.1) is 0 Å². The molecular weight excluding hydrogens is 188 g/mol. The van der Waals surface area contributed by atoms with Gasteiger partial charge in [0, 0.05) is 9.52 Å². The first-order valence-corrected chi connectivity index (χ1v) is 7.03. The lowest BCUT2D eigenvalue weighted by atomic mass is 10.1. The maximum absolute atomic E-state index is 2.42. The largest absolute Gasteiger partial charge is 0.294 e. The molecular formula is C11H28N2Si. The summed E-state index contributed by atoms with van der Waals surface area (Å²) in [4.78, 5) is 4.69. The van der Waals surface area contributed by atoms with Crippen molar-refractivity contribution in [1.29, 1.82) is 0 Å². The highest BCUT2D eigenvalue weighted by Gasteiger charge is 2.33. The molecule has 0 aromatic carbocycles. The van der Waals surface area contributed by atoms with Crippen LogP contribution in [-0.4, -0.2) is 53.7 Å². The highest BCUT2D eigenvalue weighted by Crippen LogP contribution is 2.34. The summed E-state index contributed by atoms with van der Waals surface area (Å²) in [5.41, 5.74) is 0.896. The molecule has 0 unspecified atom stereocenters. The summed E-state index contributed by atoms with van der Waals surface area (Å²) in [5.74, 6) is 0. The average molecular weight is 216 g/mol. The first kappa shape index (κ1) is 14.1. The normalized spacial score (nSPS) is 14.6. The highest BCUT2D eigenvalue weighted by atomic mass is 28.2. The van der Waals surface area contributed by atoms with Crippen LogP contribution in [0.3, 0.4) is 0 Å². The van der Waals surface area contributed by atoms with Gasteiger partial charge in [0.15, 0.2) is 0 Å². The van der Waals surface area contributed by atoms with Crippen LogP contribution in [-0.2, 0) is 0 Å². The molecule has 0 spiro atoms. The highest BCUT2D eigenvalue weighted by molar-refractivity contribution is 6.41. The summed E-state index contributed by atoms with van der Waals surface area (Å²) >= 11 is 0. The predicted octanol–water partition coefficient (Wildman–Crippen LogP) is 1.63. The minimum absolute atomic E-state index is 0.0423. The van der Waals surface area contributed by atoms with Crippen LogP contribution in [0, 0.1) is 0 Å². The van der Waals surface area contributed by atoms with Crippen molar-refractivity contribution in [1.82, 2.24) is 9.80 Å². The molecule has 0 fully saturated rings. The van der Waals surface area contributed by atoms with Crippen LogP contribution in [0.1, 0.15) is 27.7 Å². The molecule has 0 aromatic rings. The molecule has 2 nitrogen and oxygen atoms in total. The van der Waals surface area contributed by atoms with Gasteiger partial charge in [0.1, 0.15) is 0 Å². The lowest BCUT2D eigenvalue weighted by Crippen LogP contribution is -2.49. The summed E-state index contributed by atoms with van der Waals surface area (Å²) in [5, 5.41) is 0.473. The van der Waals surface area contributed by atoms with E-state index in [4.69, 9.17) is 0 Å². The molecule has 0 amide bonds. The van der Waals surface area contributed by atoms with Gasteiger partial charge in [-0.2, -0.15) is 0 Å². The molecule has 0 aliphatic carbocycles. The Labute approximate surface area is 92.5 Å². The lowest BCUT2D eigenvalue weighted by molar-refractivity contribution is 0.0921. The fourth-order valence-corrected chi connectivity index (χ4v) is 6.06. The zero-order valence-corrected chi connectivity index (χ0v) is 12.7. The second-order valence-electron chi connectivity index (χ2n) is 5.89. The molecule has 0 N–H and O–H groups in total. The van der Waals surface area contributed by atoms with Crippen LogP contribution >= 0.6 is 0 Å². The molecule has 3 heteroatoms. The number of hydrogen-bond acceptors (Lipinski definition) is 2. The second kappa shape index (κ2) is 5.28. The van der Waals surface area contributed by atoms with Gasteiger partial charge in [0.25, 0.3) is 0 Å². The molecule has 0 aromatic heterocycles. The van der Waals surface area contributed by atoms with E-state index in [9.17, 15) is 0 Å². The van der Waals surface area contributed by atoms with Gasteiger partial charge in [-0.3, -0.25) is 9.80 Å². The monoisotopic (exact) mass is 216 g/mol. The molecule has 0 atom stereocenters. The zero-order valence-electron chi connectivity index (χ0n) is 11.3. The van der Waals surface area contributed by atoms with Crippen molar-refractivity contribution < 1.29 is 0 Å². The molecule has 0 saturated carbocycles. The molecule has 0 rings (SSSR count). The van der Waals surface area contributed by atoms with Gasteiger partial charge in [-0.05, 0) is 33.2 Å². The molecule has 0 radical (unpaired) electrons. The van der Waals surface area contributed by atoms with Crippen molar-refractivity contribution in [2.24, 2.45) is 0 Å². The van der Waals surface area contributed by atoms with E-state index >= 15 is 0 Å². The smallest absolute Gasteiger partial charge is 0.0634 e. The number of rotatable bonds is 5. The van der Waals surface area contributed by atoms with Crippen LogP contribution in [0.5, 0.6) is 0 Å². The standard InChI is InChI=1S/C11H28N2Si/c1-9(2)14-11(3,4)10(12(5)6)13(7)8/h9-10H,14H2,1-8H3. The maximum Gasteiger partial charge on any atom is 0.0634 e. The first-order valence-electron chi connectivity index (χ1n) is 5.51. The van der Waals surface area contributed by atoms with Gasteiger partial charge in [0.05, 0.1) is 6.17 Å². The topological polar surface area (TPSA) is 6.48 Å². The summed E-state index contributed by atoms with van der Waals surface area (Å²) in [6.45, 7) is 9.56. The first-order chi connectivity index (χ1) is 6.18. The van der Waals surface area contributed by atoms with Crippen LogP contribution in [0.4, 0.5) is 0 Å². The minimum Gasteiger partial charge on any atom is -0.294 e. The van der Waals surface area contributed by atoms with E-state index < -0.39 is 0 Å². The van der Waals surface area contributed by atoms with Gasteiger partial charge in [-0.1, -0.05) is 33.2 Å². The molecule has 14 heavy (non-hydrogen) atoms. The predicted molar refractivity (Wildman–Crippen MR) is 68.8 cm³/mol. The maximum atomic E-state index is 2.42. The van der Waals surface area contributed by atoms with Gasteiger partial charge in [-0.25, -0.2) is 0 Å². The fourth-order valence-electron chi connectivity index (χ4n) is 3.02. The van der Waals surface area contributed by atoms with Gasteiger partial charge >= 0.3 is 0 Å². The Balaban J connectivity index is 4.62. The number of hydrogen-bond donors (Lipinski definition) is 0. The quantitative estimate of drug-likeness (QED) is 0.509. The van der Waals surface area contributed by atoms with E-state index in [2.05, 4.69) is 65.7 Å². The van der Waals surface area contributed by atoms with E-state index in [0.29, 0.717) is 11.2 Å². The second-order valence-corrected chi connectivity index (χ2v) is 9.75. The SMILES string of the molecule is CC(C)[SiH2]C(C)(C)C(N(C)C)N(C)C. The van der Waals surface area contributed by atoms with E-state index in [0.717, 1.165) is 5.54 Å². The van der Waals surface area contributed by atoms with Crippen LogP contribution < -0.4 is 0 Å². The Kier molecular flexibility index (Phi) is 5.34. The van der Waals surface area contributed by atoms with Gasteiger partial charge < -0.3 is 0 Å². The van der Waals surface area contributed by atoms with Gasteiger partial charge in [0.2, 0.25) is 0 Å².